The van der Waals surface area contributed by atoms with Gasteiger partial charge < -0.3 is 4.90 Å². The molecule has 1 heterocycles. The van der Waals surface area contributed by atoms with Gasteiger partial charge in [-0.25, -0.2) is 0 Å². The first-order valence-corrected chi connectivity index (χ1v) is 10.4. The molecule has 0 radical (unpaired) electrons. The van der Waals surface area contributed by atoms with E-state index in [-0.39, 0.29) is 5.91 Å². The van der Waals surface area contributed by atoms with Crippen molar-refractivity contribution in [3.05, 3.63) is 94.8 Å². The molecule has 0 saturated heterocycles. The van der Waals surface area contributed by atoms with E-state index >= 15 is 0 Å². The molecular formula is C24H26N2OS. The van der Waals surface area contributed by atoms with E-state index in [1.54, 1.807) is 18.0 Å². The van der Waals surface area contributed by atoms with Gasteiger partial charge in [0.15, 0.2) is 0 Å². The van der Waals surface area contributed by atoms with Gasteiger partial charge in [0.2, 0.25) is 5.91 Å². The highest BCUT2D eigenvalue weighted by Gasteiger charge is 2.16. The van der Waals surface area contributed by atoms with Crippen LogP contribution < -0.4 is 0 Å². The van der Waals surface area contributed by atoms with Gasteiger partial charge in [-0.3, -0.25) is 9.78 Å². The Hall–Kier alpha value is -2.59. The van der Waals surface area contributed by atoms with Crippen LogP contribution in [0.4, 0.5) is 0 Å². The molecule has 3 nitrogen and oxygen atoms in total. The summed E-state index contributed by atoms with van der Waals surface area (Å²) < 4.78 is 0. The molecule has 0 spiro atoms. The van der Waals surface area contributed by atoms with Crippen LogP contribution in [0.15, 0.2) is 71.9 Å². The van der Waals surface area contributed by atoms with Crippen molar-refractivity contribution in [1.29, 1.82) is 0 Å². The zero-order valence-corrected chi connectivity index (χ0v) is 17.5. The Morgan fingerprint density at radius 3 is 2.54 bits per heavy atom. The summed E-state index contributed by atoms with van der Waals surface area (Å²) in [5.41, 5.74) is 5.85. The molecule has 0 aliphatic carbocycles. The lowest BCUT2D eigenvalue weighted by atomic mass is 10.1. The molecule has 3 rings (SSSR count). The van der Waals surface area contributed by atoms with E-state index in [4.69, 9.17) is 0 Å². The first-order chi connectivity index (χ1) is 13.5. The van der Waals surface area contributed by atoms with Crippen LogP contribution in [-0.4, -0.2) is 21.5 Å². The fraction of sp³-hybridized carbons (Fsp3) is 0.250. The molecule has 0 saturated carbocycles. The number of nitrogens with zero attached hydrogens (tertiary/aromatic N) is 2. The Labute approximate surface area is 171 Å². The summed E-state index contributed by atoms with van der Waals surface area (Å²) in [6.07, 6.45) is 3.59. The number of pyridine rings is 1. The standard InChI is InChI=1S/C24H26N2OS/c1-18-10-11-20(3)23(13-18)28-17-24(27)26(15-21-8-6-12-25-14-21)16-22-9-5-4-7-19(22)2/h4-14H,15-17H2,1-3H3. The Morgan fingerprint density at radius 1 is 0.964 bits per heavy atom. The average Bonchev–Trinajstić information content (AvgIpc) is 2.70. The maximum absolute atomic E-state index is 13.1. The first-order valence-electron chi connectivity index (χ1n) is 9.44. The van der Waals surface area contributed by atoms with Crippen LogP contribution in [0.1, 0.15) is 27.8 Å². The number of hydrogen-bond donors (Lipinski definition) is 0. The molecule has 1 aromatic heterocycles. The van der Waals surface area contributed by atoms with Gasteiger partial charge in [-0.1, -0.05) is 48.0 Å². The van der Waals surface area contributed by atoms with E-state index in [9.17, 15) is 4.79 Å². The minimum Gasteiger partial charge on any atom is -0.333 e. The Kier molecular flexibility index (Phi) is 6.88. The lowest BCUT2D eigenvalue weighted by Gasteiger charge is -2.24. The zero-order chi connectivity index (χ0) is 19.9. The second-order valence-corrected chi connectivity index (χ2v) is 8.11. The van der Waals surface area contributed by atoms with Gasteiger partial charge in [0.25, 0.3) is 0 Å². The van der Waals surface area contributed by atoms with Crippen LogP contribution in [0.2, 0.25) is 0 Å². The smallest absolute Gasteiger partial charge is 0.233 e. The molecule has 0 atom stereocenters. The van der Waals surface area contributed by atoms with Crippen LogP contribution in [0.5, 0.6) is 0 Å². The van der Waals surface area contributed by atoms with Gasteiger partial charge in [-0.05, 0) is 55.2 Å². The van der Waals surface area contributed by atoms with Gasteiger partial charge in [-0.2, -0.15) is 0 Å². The van der Waals surface area contributed by atoms with E-state index in [2.05, 4.69) is 56.1 Å². The Balaban J connectivity index is 1.76. The van der Waals surface area contributed by atoms with Crippen molar-refractivity contribution in [3.8, 4) is 0 Å². The summed E-state index contributed by atoms with van der Waals surface area (Å²) in [7, 11) is 0. The number of aromatic nitrogens is 1. The normalized spacial score (nSPS) is 10.7. The third-order valence-electron chi connectivity index (χ3n) is 4.77. The zero-order valence-electron chi connectivity index (χ0n) is 16.7. The molecule has 2 aromatic carbocycles. The fourth-order valence-electron chi connectivity index (χ4n) is 3.03. The maximum Gasteiger partial charge on any atom is 0.233 e. The predicted octanol–water partition coefficient (Wildman–Crippen LogP) is 5.33. The van der Waals surface area contributed by atoms with E-state index in [1.807, 2.05) is 35.4 Å². The number of rotatable bonds is 7. The van der Waals surface area contributed by atoms with E-state index in [0.717, 1.165) is 5.56 Å². The molecule has 0 fully saturated rings. The van der Waals surface area contributed by atoms with Crippen molar-refractivity contribution in [2.75, 3.05) is 5.75 Å². The molecule has 0 bridgehead atoms. The molecule has 0 unspecified atom stereocenters. The minimum atomic E-state index is 0.137. The van der Waals surface area contributed by atoms with Gasteiger partial charge >= 0.3 is 0 Å². The number of carbonyl (C=O) groups excluding carboxylic acids is 1. The molecule has 0 aliphatic heterocycles. The number of carbonyl (C=O) groups is 1. The Morgan fingerprint density at radius 2 is 1.79 bits per heavy atom. The van der Waals surface area contributed by atoms with E-state index < -0.39 is 0 Å². The highest BCUT2D eigenvalue weighted by Crippen LogP contribution is 2.24. The van der Waals surface area contributed by atoms with Crippen molar-refractivity contribution in [2.24, 2.45) is 0 Å². The number of thioether (sulfide) groups is 1. The molecule has 3 aromatic rings. The summed E-state index contributed by atoms with van der Waals surface area (Å²) >= 11 is 1.62. The molecule has 28 heavy (non-hydrogen) atoms. The molecule has 144 valence electrons. The van der Waals surface area contributed by atoms with Crippen LogP contribution in [0, 0.1) is 20.8 Å². The van der Waals surface area contributed by atoms with Crippen LogP contribution >= 0.6 is 11.8 Å². The van der Waals surface area contributed by atoms with Gasteiger partial charge in [-0.15, -0.1) is 11.8 Å². The van der Waals surface area contributed by atoms with Gasteiger partial charge in [0.1, 0.15) is 0 Å². The largest absolute Gasteiger partial charge is 0.333 e. The minimum absolute atomic E-state index is 0.137. The highest BCUT2D eigenvalue weighted by molar-refractivity contribution is 8.00. The number of benzene rings is 2. The summed E-state index contributed by atoms with van der Waals surface area (Å²) in [5.74, 6) is 0.564. The third-order valence-corrected chi connectivity index (χ3v) is 5.91. The van der Waals surface area contributed by atoms with Crippen LogP contribution in [0.3, 0.4) is 0 Å². The second-order valence-electron chi connectivity index (χ2n) is 7.10. The predicted molar refractivity (Wildman–Crippen MR) is 116 cm³/mol. The summed E-state index contributed by atoms with van der Waals surface area (Å²) in [6.45, 7) is 7.43. The van der Waals surface area contributed by atoms with Crippen molar-refractivity contribution >= 4 is 17.7 Å². The lowest BCUT2D eigenvalue weighted by molar-refractivity contribution is -0.129. The molecule has 0 aliphatic rings. The van der Waals surface area contributed by atoms with E-state index in [1.165, 1.54) is 27.1 Å². The summed E-state index contributed by atoms with van der Waals surface area (Å²) in [4.78, 5) is 20.4. The maximum atomic E-state index is 13.1. The summed E-state index contributed by atoms with van der Waals surface area (Å²) in [5, 5.41) is 0. The van der Waals surface area contributed by atoms with Crippen LogP contribution in [0.25, 0.3) is 0 Å². The number of hydrogen-bond acceptors (Lipinski definition) is 3. The van der Waals surface area contributed by atoms with Crippen LogP contribution in [-0.2, 0) is 17.9 Å². The second kappa shape index (κ2) is 9.56. The first kappa shape index (κ1) is 20.2. The fourth-order valence-corrected chi connectivity index (χ4v) is 4.06. The van der Waals surface area contributed by atoms with Gasteiger partial charge in [0.05, 0.1) is 5.75 Å². The third kappa shape index (κ3) is 5.46. The molecule has 4 heteroatoms. The molecule has 0 N–H and O–H groups in total. The molecule has 1 amide bonds. The molecular weight excluding hydrogens is 364 g/mol. The van der Waals surface area contributed by atoms with E-state index in [0.29, 0.717) is 18.8 Å². The van der Waals surface area contributed by atoms with Crippen molar-refractivity contribution in [1.82, 2.24) is 9.88 Å². The summed E-state index contributed by atoms with van der Waals surface area (Å²) in [6, 6.07) is 18.5. The average molecular weight is 391 g/mol. The number of aryl methyl sites for hydroxylation is 3. The lowest BCUT2D eigenvalue weighted by Crippen LogP contribution is -2.31. The topological polar surface area (TPSA) is 33.2 Å². The quantitative estimate of drug-likeness (QED) is 0.511. The highest BCUT2D eigenvalue weighted by atomic mass is 32.2. The SMILES string of the molecule is Cc1ccc(C)c(SCC(=O)N(Cc2cccnc2)Cc2ccccc2C)c1. The number of amides is 1. The van der Waals surface area contributed by atoms with Crippen molar-refractivity contribution in [3.63, 3.8) is 0 Å². The van der Waals surface area contributed by atoms with Crippen molar-refractivity contribution < 1.29 is 4.79 Å². The van der Waals surface area contributed by atoms with Crippen molar-refractivity contribution in [2.45, 2.75) is 38.8 Å². The Bertz CT molecular complexity index is 940. The monoisotopic (exact) mass is 390 g/mol. The van der Waals surface area contributed by atoms with Gasteiger partial charge in [0, 0.05) is 30.4 Å².